The number of carbonyl (C=O) groups is 3. The number of nitrogens with one attached hydrogen (secondary N) is 3. The van der Waals surface area contributed by atoms with Crippen molar-refractivity contribution in [1.29, 1.82) is 0 Å². The van der Waals surface area contributed by atoms with E-state index in [0.717, 1.165) is 38.1 Å². The molecule has 1 aromatic heterocycles. The highest BCUT2D eigenvalue weighted by molar-refractivity contribution is 6.30. The number of anilines is 3. The molecular formula is C31H41ClFN5O3. The number of pyridine rings is 1. The molecule has 0 unspecified atom stereocenters. The molecule has 222 valence electrons. The van der Waals surface area contributed by atoms with Crippen molar-refractivity contribution in [3.63, 3.8) is 0 Å². The normalized spacial score (nSPS) is 9.98. The van der Waals surface area contributed by atoms with Gasteiger partial charge in [-0.3, -0.25) is 19.3 Å². The largest absolute Gasteiger partial charge is 0.325 e. The van der Waals surface area contributed by atoms with E-state index in [2.05, 4.69) is 39.7 Å². The molecule has 10 heteroatoms. The van der Waals surface area contributed by atoms with Crippen molar-refractivity contribution in [2.45, 2.75) is 54.4 Å². The number of carbonyl (C=O) groups excluding carboxylic acids is 3. The number of nitrogens with zero attached hydrogens (tertiary/aromatic N) is 2. The van der Waals surface area contributed by atoms with Crippen LogP contribution in [0.15, 0.2) is 60.8 Å². The van der Waals surface area contributed by atoms with Crippen LogP contribution in [-0.2, 0) is 4.79 Å². The summed E-state index contributed by atoms with van der Waals surface area (Å²) >= 11 is 5.81. The second-order valence-electron chi connectivity index (χ2n) is 8.36. The zero-order valence-electron chi connectivity index (χ0n) is 24.7. The van der Waals surface area contributed by atoms with E-state index in [1.165, 1.54) is 18.3 Å². The molecule has 0 aliphatic rings. The number of aromatic nitrogens is 1. The summed E-state index contributed by atoms with van der Waals surface area (Å²) in [4.78, 5) is 44.1. The third kappa shape index (κ3) is 12.1. The molecular weight excluding hydrogens is 545 g/mol. The summed E-state index contributed by atoms with van der Waals surface area (Å²) in [7, 11) is 0. The van der Waals surface area contributed by atoms with Crippen molar-refractivity contribution in [3.05, 3.63) is 82.8 Å². The summed E-state index contributed by atoms with van der Waals surface area (Å²) in [5, 5.41) is 8.43. The third-order valence-electron chi connectivity index (χ3n) is 5.32. The Balaban J connectivity index is 0.00000201. The molecule has 0 saturated carbocycles. The van der Waals surface area contributed by atoms with Gasteiger partial charge in [0.05, 0.1) is 22.8 Å². The van der Waals surface area contributed by atoms with Crippen LogP contribution in [-0.4, -0.2) is 47.2 Å². The van der Waals surface area contributed by atoms with Gasteiger partial charge in [-0.2, -0.15) is 0 Å². The Labute approximate surface area is 247 Å². The fourth-order valence-electron chi connectivity index (χ4n) is 3.65. The molecule has 0 saturated heterocycles. The van der Waals surface area contributed by atoms with Crippen molar-refractivity contribution in [1.82, 2.24) is 9.88 Å². The quantitative estimate of drug-likeness (QED) is 0.216. The van der Waals surface area contributed by atoms with Crippen LogP contribution in [0, 0.1) is 5.82 Å². The molecule has 0 radical (unpaired) electrons. The molecule has 0 fully saturated rings. The van der Waals surface area contributed by atoms with Gasteiger partial charge in [-0.25, -0.2) is 9.37 Å². The van der Waals surface area contributed by atoms with E-state index >= 15 is 0 Å². The summed E-state index contributed by atoms with van der Waals surface area (Å²) in [5.41, 5.74) is 0.915. The Morgan fingerprint density at radius 1 is 0.829 bits per heavy atom. The molecule has 3 aromatic rings. The Morgan fingerprint density at radius 2 is 1.46 bits per heavy atom. The van der Waals surface area contributed by atoms with Crippen molar-refractivity contribution in [3.8, 4) is 0 Å². The van der Waals surface area contributed by atoms with Crippen LogP contribution in [0.3, 0.4) is 0 Å². The van der Waals surface area contributed by atoms with E-state index in [4.69, 9.17) is 11.6 Å². The number of halogens is 2. The summed E-state index contributed by atoms with van der Waals surface area (Å²) in [6.07, 6.45) is 3.29. The van der Waals surface area contributed by atoms with Gasteiger partial charge in [0.15, 0.2) is 0 Å². The average molecular weight is 586 g/mol. The van der Waals surface area contributed by atoms with Crippen molar-refractivity contribution in [2.24, 2.45) is 0 Å². The lowest BCUT2D eigenvalue weighted by Crippen LogP contribution is -2.34. The first-order chi connectivity index (χ1) is 19.8. The van der Waals surface area contributed by atoms with Gasteiger partial charge in [0.25, 0.3) is 11.8 Å². The minimum Gasteiger partial charge on any atom is -0.325 e. The summed E-state index contributed by atoms with van der Waals surface area (Å²) in [5.74, 6) is -1.69. The first-order valence-electron chi connectivity index (χ1n) is 13.9. The minimum absolute atomic E-state index is 0.0716. The average Bonchev–Trinajstić information content (AvgIpc) is 2.98. The molecule has 1 heterocycles. The van der Waals surface area contributed by atoms with Crippen molar-refractivity contribution < 1.29 is 18.8 Å². The van der Waals surface area contributed by atoms with Crippen LogP contribution in [0.5, 0.6) is 0 Å². The highest BCUT2D eigenvalue weighted by Gasteiger charge is 2.17. The summed E-state index contributed by atoms with van der Waals surface area (Å²) in [6, 6.07) is 12.9. The number of rotatable bonds is 11. The second-order valence-corrected chi connectivity index (χ2v) is 8.80. The van der Waals surface area contributed by atoms with Gasteiger partial charge < -0.3 is 16.0 Å². The van der Waals surface area contributed by atoms with Crippen LogP contribution in [0.1, 0.15) is 75.1 Å². The number of benzene rings is 2. The van der Waals surface area contributed by atoms with Gasteiger partial charge in [0, 0.05) is 17.4 Å². The van der Waals surface area contributed by atoms with Crippen molar-refractivity contribution in [2.75, 3.05) is 35.6 Å². The first kappa shape index (κ1) is 35.2. The fourth-order valence-corrected chi connectivity index (χ4v) is 3.76. The Hall–Kier alpha value is -3.82. The standard InChI is InChI=1S/C27H29ClFN5O3.2C2H6/c1-3-13-34(14-4-2)17-25(35)31-21-9-5-18(6-10-21)26(36)32-23-11-8-20(29)15-22(23)27(37)33-24-12-7-19(28)16-30-24;2*1-2/h5-12,15-16H,3-4,13-14,17H2,1-2H3,(H,31,35)(H,32,36)(H,30,33,37);2*1-2H3. The maximum atomic E-state index is 13.9. The van der Waals surface area contributed by atoms with E-state index in [1.807, 2.05) is 27.7 Å². The zero-order valence-corrected chi connectivity index (χ0v) is 25.4. The molecule has 3 amide bonds. The molecule has 0 aliphatic carbocycles. The zero-order chi connectivity index (χ0) is 30.8. The van der Waals surface area contributed by atoms with Crippen LogP contribution in [0.2, 0.25) is 5.02 Å². The Bertz CT molecular complexity index is 1230. The predicted molar refractivity (Wildman–Crippen MR) is 166 cm³/mol. The molecule has 3 rings (SSSR count). The van der Waals surface area contributed by atoms with Gasteiger partial charge in [-0.05, 0) is 80.5 Å². The molecule has 0 aliphatic heterocycles. The van der Waals surface area contributed by atoms with Gasteiger partial charge in [-0.15, -0.1) is 0 Å². The lowest BCUT2D eigenvalue weighted by atomic mass is 10.1. The third-order valence-corrected chi connectivity index (χ3v) is 5.54. The SMILES string of the molecule is CC.CC.CCCN(CCC)CC(=O)Nc1ccc(C(=O)Nc2ccc(F)cc2C(=O)Nc2ccc(Cl)cn2)cc1. The smallest absolute Gasteiger partial charge is 0.259 e. The second kappa shape index (κ2) is 19.3. The highest BCUT2D eigenvalue weighted by Crippen LogP contribution is 2.21. The topological polar surface area (TPSA) is 103 Å². The van der Waals surface area contributed by atoms with Crippen molar-refractivity contribution >= 4 is 46.5 Å². The molecule has 41 heavy (non-hydrogen) atoms. The molecule has 0 spiro atoms. The number of hydrogen-bond acceptors (Lipinski definition) is 5. The van der Waals surface area contributed by atoms with E-state index < -0.39 is 17.6 Å². The summed E-state index contributed by atoms with van der Waals surface area (Å²) < 4.78 is 13.9. The Morgan fingerprint density at radius 3 is 2.02 bits per heavy atom. The molecule has 8 nitrogen and oxygen atoms in total. The maximum Gasteiger partial charge on any atom is 0.259 e. The fraction of sp³-hybridized carbons (Fsp3) is 0.355. The number of amides is 3. The lowest BCUT2D eigenvalue weighted by Gasteiger charge is -2.20. The van der Waals surface area contributed by atoms with Gasteiger partial charge >= 0.3 is 0 Å². The molecule has 3 N–H and O–H groups in total. The van der Waals surface area contributed by atoms with Crippen LogP contribution in [0.4, 0.5) is 21.6 Å². The molecule has 0 atom stereocenters. The van der Waals surface area contributed by atoms with Crippen LogP contribution in [0.25, 0.3) is 0 Å². The first-order valence-corrected chi connectivity index (χ1v) is 14.3. The van der Waals surface area contributed by atoms with Gasteiger partial charge in [0.2, 0.25) is 5.91 Å². The van der Waals surface area contributed by atoms with Gasteiger partial charge in [0.1, 0.15) is 11.6 Å². The lowest BCUT2D eigenvalue weighted by molar-refractivity contribution is -0.117. The Kier molecular flexibility index (Phi) is 16.6. The number of hydrogen-bond donors (Lipinski definition) is 3. The van der Waals surface area contributed by atoms with Crippen LogP contribution < -0.4 is 16.0 Å². The van der Waals surface area contributed by atoms with E-state index in [1.54, 1.807) is 30.3 Å². The minimum atomic E-state index is -0.650. The van der Waals surface area contributed by atoms with E-state index in [-0.39, 0.29) is 23.0 Å². The maximum absolute atomic E-state index is 13.9. The van der Waals surface area contributed by atoms with Gasteiger partial charge in [-0.1, -0.05) is 53.1 Å². The monoisotopic (exact) mass is 585 g/mol. The highest BCUT2D eigenvalue weighted by atomic mass is 35.5. The van der Waals surface area contributed by atoms with E-state index in [9.17, 15) is 18.8 Å². The predicted octanol–water partition coefficient (Wildman–Crippen LogP) is 7.49. The summed E-state index contributed by atoms with van der Waals surface area (Å²) in [6.45, 7) is 14.1. The van der Waals surface area contributed by atoms with E-state index in [0.29, 0.717) is 22.8 Å². The molecule has 2 aromatic carbocycles. The van der Waals surface area contributed by atoms with Crippen LogP contribution >= 0.6 is 11.6 Å². The molecule has 0 bridgehead atoms.